The molecule has 180 valence electrons. The minimum Gasteiger partial charge on any atom is -0.494 e. The molecule has 10 heteroatoms. The fourth-order valence-electron chi connectivity index (χ4n) is 2.79. The normalized spacial score (nSPS) is 10.6. The summed E-state index contributed by atoms with van der Waals surface area (Å²) in [5.74, 6) is -0.539. The lowest BCUT2D eigenvalue weighted by Gasteiger charge is -2.07. The fourth-order valence-corrected chi connectivity index (χ4v) is 3.27. The van der Waals surface area contributed by atoms with Gasteiger partial charge in [0.25, 0.3) is 11.8 Å². The molecule has 8 nitrogen and oxygen atoms in total. The van der Waals surface area contributed by atoms with Crippen LogP contribution in [0.2, 0.25) is 10.0 Å². The van der Waals surface area contributed by atoms with Crippen molar-refractivity contribution < 1.29 is 23.9 Å². The van der Waals surface area contributed by atoms with Crippen molar-refractivity contribution in [3.63, 3.8) is 0 Å². The first-order valence-corrected chi connectivity index (χ1v) is 11.2. The van der Waals surface area contributed by atoms with Gasteiger partial charge >= 0.3 is 5.97 Å². The lowest BCUT2D eigenvalue weighted by atomic mass is 10.2. The van der Waals surface area contributed by atoms with Crippen molar-refractivity contribution in [2.24, 2.45) is 5.10 Å². The molecule has 0 aliphatic heterocycles. The van der Waals surface area contributed by atoms with Crippen LogP contribution in [0.5, 0.6) is 11.5 Å². The van der Waals surface area contributed by atoms with Gasteiger partial charge in [0.05, 0.1) is 30.0 Å². The number of ether oxygens (including phenoxy) is 2. The molecule has 2 N–H and O–H groups in total. The molecule has 0 aliphatic carbocycles. The fraction of sp³-hybridized carbons (Fsp3) is 0.120. The van der Waals surface area contributed by atoms with Crippen LogP contribution < -0.4 is 20.2 Å². The molecule has 0 saturated heterocycles. The van der Waals surface area contributed by atoms with Crippen LogP contribution >= 0.6 is 23.2 Å². The van der Waals surface area contributed by atoms with E-state index in [9.17, 15) is 14.4 Å². The highest BCUT2D eigenvalue weighted by Gasteiger charge is 2.13. The third-order valence-corrected chi connectivity index (χ3v) is 5.03. The Labute approximate surface area is 211 Å². The molecule has 0 heterocycles. The molecule has 0 fully saturated rings. The van der Waals surface area contributed by atoms with Gasteiger partial charge in [-0.25, -0.2) is 10.2 Å². The molecule has 3 aromatic carbocycles. The Morgan fingerprint density at radius 3 is 2.29 bits per heavy atom. The number of nitrogens with one attached hydrogen (secondary N) is 2. The molecule has 35 heavy (non-hydrogen) atoms. The summed E-state index contributed by atoms with van der Waals surface area (Å²) < 4.78 is 10.6. The third kappa shape index (κ3) is 7.84. The standard InChI is InChI=1S/C25H21Cl2N3O5/c1-2-34-19-10-5-17(6-11-19)24(32)28-15-23(31)30-29-14-16-3-8-20(9-4-16)35-25(33)21-12-7-18(26)13-22(21)27/h3-14H,2,15H2,1H3,(H,28,32)(H,30,31). The summed E-state index contributed by atoms with van der Waals surface area (Å²) in [7, 11) is 0. The van der Waals surface area contributed by atoms with Gasteiger partial charge in [-0.3, -0.25) is 9.59 Å². The summed E-state index contributed by atoms with van der Waals surface area (Å²) in [5, 5.41) is 6.97. The molecular weight excluding hydrogens is 493 g/mol. The van der Waals surface area contributed by atoms with E-state index >= 15 is 0 Å². The number of carbonyl (C=O) groups is 3. The Kier molecular flexibility index (Phi) is 9.23. The van der Waals surface area contributed by atoms with Crippen molar-refractivity contribution in [2.45, 2.75) is 6.92 Å². The van der Waals surface area contributed by atoms with Crippen LogP contribution in [0, 0.1) is 0 Å². The van der Waals surface area contributed by atoms with Gasteiger partial charge in [0.2, 0.25) is 0 Å². The molecule has 0 aliphatic rings. The number of rotatable bonds is 9. The third-order valence-electron chi connectivity index (χ3n) is 4.48. The highest BCUT2D eigenvalue weighted by Crippen LogP contribution is 2.23. The molecule has 0 unspecified atom stereocenters. The van der Waals surface area contributed by atoms with E-state index < -0.39 is 17.8 Å². The predicted octanol–water partition coefficient (Wildman–Crippen LogP) is 4.49. The van der Waals surface area contributed by atoms with Crippen molar-refractivity contribution in [2.75, 3.05) is 13.2 Å². The number of esters is 1. The highest BCUT2D eigenvalue weighted by atomic mass is 35.5. The first-order valence-electron chi connectivity index (χ1n) is 10.5. The average Bonchev–Trinajstić information content (AvgIpc) is 2.84. The molecule has 0 bridgehead atoms. The van der Waals surface area contributed by atoms with Crippen LogP contribution in [0.25, 0.3) is 0 Å². The molecule has 0 saturated carbocycles. The van der Waals surface area contributed by atoms with Crippen LogP contribution in [0.3, 0.4) is 0 Å². The second-order valence-electron chi connectivity index (χ2n) is 7.02. The number of benzene rings is 3. The zero-order valence-corrected chi connectivity index (χ0v) is 20.1. The minimum atomic E-state index is -0.618. The van der Waals surface area contributed by atoms with E-state index in [2.05, 4.69) is 15.8 Å². The molecular formula is C25H21Cl2N3O5. The topological polar surface area (TPSA) is 106 Å². The van der Waals surface area contributed by atoms with Crippen LogP contribution in [0.1, 0.15) is 33.2 Å². The summed E-state index contributed by atoms with van der Waals surface area (Å²) in [6, 6.07) is 17.5. The second kappa shape index (κ2) is 12.5. The SMILES string of the molecule is CCOc1ccc(C(=O)NCC(=O)NN=Cc2ccc(OC(=O)c3ccc(Cl)cc3Cl)cc2)cc1. The summed E-state index contributed by atoms with van der Waals surface area (Å²) in [4.78, 5) is 36.3. The van der Waals surface area contributed by atoms with Gasteiger partial charge in [-0.05, 0) is 79.2 Å². The molecule has 3 rings (SSSR count). The van der Waals surface area contributed by atoms with Gasteiger partial charge < -0.3 is 14.8 Å². The van der Waals surface area contributed by atoms with Crippen molar-refractivity contribution in [3.05, 3.63) is 93.5 Å². The molecule has 0 atom stereocenters. The Bertz CT molecular complexity index is 1230. The first-order chi connectivity index (χ1) is 16.9. The molecule has 0 radical (unpaired) electrons. The average molecular weight is 514 g/mol. The van der Waals surface area contributed by atoms with Crippen LogP contribution in [-0.2, 0) is 4.79 Å². The van der Waals surface area contributed by atoms with Gasteiger partial charge in [0.1, 0.15) is 11.5 Å². The zero-order valence-electron chi connectivity index (χ0n) is 18.6. The van der Waals surface area contributed by atoms with Crippen molar-refractivity contribution in [1.29, 1.82) is 0 Å². The maximum Gasteiger partial charge on any atom is 0.345 e. The molecule has 2 amide bonds. The second-order valence-corrected chi connectivity index (χ2v) is 7.86. The maximum atomic E-state index is 12.3. The van der Waals surface area contributed by atoms with E-state index in [1.165, 1.54) is 18.3 Å². The van der Waals surface area contributed by atoms with Crippen LogP contribution in [-0.4, -0.2) is 37.1 Å². The first kappa shape index (κ1) is 25.7. The van der Waals surface area contributed by atoms with E-state index in [-0.39, 0.29) is 17.1 Å². The predicted molar refractivity (Wildman–Crippen MR) is 134 cm³/mol. The van der Waals surface area contributed by atoms with E-state index in [1.807, 2.05) is 6.92 Å². The Morgan fingerprint density at radius 2 is 1.63 bits per heavy atom. The largest absolute Gasteiger partial charge is 0.494 e. The lowest BCUT2D eigenvalue weighted by molar-refractivity contribution is -0.120. The van der Waals surface area contributed by atoms with Crippen molar-refractivity contribution in [1.82, 2.24) is 10.7 Å². The number of carbonyl (C=O) groups excluding carboxylic acids is 3. The molecule has 3 aromatic rings. The Morgan fingerprint density at radius 1 is 0.943 bits per heavy atom. The molecule has 0 spiro atoms. The van der Waals surface area contributed by atoms with Gasteiger partial charge in [-0.1, -0.05) is 23.2 Å². The number of hydrogen-bond acceptors (Lipinski definition) is 6. The van der Waals surface area contributed by atoms with Crippen molar-refractivity contribution in [3.8, 4) is 11.5 Å². The van der Waals surface area contributed by atoms with Crippen molar-refractivity contribution >= 4 is 47.2 Å². The zero-order chi connectivity index (χ0) is 25.2. The minimum absolute atomic E-state index is 0.192. The van der Waals surface area contributed by atoms with E-state index in [4.69, 9.17) is 32.7 Å². The summed E-state index contributed by atoms with van der Waals surface area (Å²) >= 11 is 11.9. The summed E-state index contributed by atoms with van der Waals surface area (Å²) in [6.07, 6.45) is 1.41. The monoisotopic (exact) mass is 513 g/mol. The van der Waals surface area contributed by atoms with Gasteiger partial charge in [-0.2, -0.15) is 5.10 Å². The number of hydrazone groups is 1. The van der Waals surface area contributed by atoms with E-state index in [1.54, 1.807) is 54.6 Å². The number of nitrogens with zero attached hydrogens (tertiary/aromatic N) is 1. The quantitative estimate of drug-likeness (QED) is 0.190. The van der Waals surface area contributed by atoms with E-state index in [0.29, 0.717) is 34.3 Å². The summed E-state index contributed by atoms with van der Waals surface area (Å²) in [5.41, 5.74) is 3.57. The Hall–Kier alpha value is -3.88. The number of amides is 2. The molecule has 0 aromatic heterocycles. The van der Waals surface area contributed by atoms with Gasteiger partial charge in [-0.15, -0.1) is 0 Å². The maximum absolute atomic E-state index is 12.3. The van der Waals surface area contributed by atoms with E-state index in [0.717, 1.165) is 0 Å². The number of halogens is 2. The van der Waals surface area contributed by atoms with Gasteiger partial charge in [0.15, 0.2) is 0 Å². The Balaban J connectivity index is 1.44. The number of hydrogen-bond donors (Lipinski definition) is 2. The van der Waals surface area contributed by atoms with Gasteiger partial charge in [0, 0.05) is 10.6 Å². The highest BCUT2D eigenvalue weighted by molar-refractivity contribution is 6.36. The summed E-state index contributed by atoms with van der Waals surface area (Å²) in [6.45, 7) is 2.16. The van der Waals surface area contributed by atoms with Crippen LogP contribution in [0.15, 0.2) is 71.8 Å². The lowest BCUT2D eigenvalue weighted by Crippen LogP contribution is -2.34. The van der Waals surface area contributed by atoms with Crippen LogP contribution in [0.4, 0.5) is 0 Å². The smallest absolute Gasteiger partial charge is 0.345 e.